The van der Waals surface area contributed by atoms with Crippen LogP contribution in [-0.4, -0.2) is 33.0 Å². The zero-order chi connectivity index (χ0) is 14.3. The van der Waals surface area contributed by atoms with Gasteiger partial charge < -0.3 is 14.8 Å². The number of ether oxygens (including phenoxy) is 1. The molecule has 0 saturated heterocycles. The highest BCUT2D eigenvalue weighted by atomic mass is 16.5. The Morgan fingerprint density at radius 1 is 1.45 bits per heavy atom. The number of hydrogen-bond acceptors (Lipinski definition) is 3. The van der Waals surface area contributed by atoms with Gasteiger partial charge in [-0.2, -0.15) is 5.10 Å². The highest BCUT2D eigenvalue weighted by molar-refractivity contribution is 5.98. The Hall–Kier alpha value is -2.76. The van der Waals surface area contributed by atoms with E-state index in [0.29, 0.717) is 5.69 Å². The zero-order valence-electron chi connectivity index (χ0n) is 11.0. The smallest absolute Gasteiger partial charge is 0.354 e. The lowest BCUT2D eigenvalue weighted by Gasteiger charge is -2.01. The standard InChI is InChI=1S/C14H13N3O3/c1-17-11(14(18)19)6-10(16-17)9-7-15-13-8(9)4-3-5-12(13)20-2/h3-7,15H,1-2H3,(H,18,19). The van der Waals surface area contributed by atoms with E-state index in [0.717, 1.165) is 22.2 Å². The molecular weight excluding hydrogens is 258 g/mol. The van der Waals surface area contributed by atoms with Crippen molar-refractivity contribution >= 4 is 16.9 Å². The highest BCUT2D eigenvalue weighted by Crippen LogP contribution is 2.32. The average Bonchev–Trinajstić information content (AvgIpc) is 3.01. The summed E-state index contributed by atoms with van der Waals surface area (Å²) in [7, 11) is 3.22. The molecule has 0 aliphatic heterocycles. The second-order valence-electron chi connectivity index (χ2n) is 4.43. The van der Waals surface area contributed by atoms with Crippen LogP contribution in [0, 0.1) is 0 Å². The molecule has 0 unspecified atom stereocenters. The number of para-hydroxylation sites is 1. The predicted octanol–water partition coefficient (Wildman–Crippen LogP) is 2.28. The van der Waals surface area contributed by atoms with Crippen LogP contribution in [0.3, 0.4) is 0 Å². The average molecular weight is 271 g/mol. The molecule has 6 heteroatoms. The minimum atomic E-state index is -0.997. The Balaban J connectivity index is 2.20. The third-order valence-electron chi connectivity index (χ3n) is 3.27. The SMILES string of the molecule is COc1cccc2c(-c3cc(C(=O)O)n(C)n3)c[nH]c12. The maximum Gasteiger partial charge on any atom is 0.354 e. The van der Waals surface area contributed by atoms with Crippen molar-refractivity contribution in [1.82, 2.24) is 14.8 Å². The number of nitrogens with zero attached hydrogens (tertiary/aromatic N) is 2. The molecule has 6 nitrogen and oxygen atoms in total. The van der Waals surface area contributed by atoms with Gasteiger partial charge in [0.25, 0.3) is 0 Å². The van der Waals surface area contributed by atoms with Crippen molar-refractivity contribution in [2.75, 3.05) is 7.11 Å². The number of rotatable bonds is 3. The molecule has 1 aromatic carbocycles. The predicted molar refractivity (Wildman–Crippen MR) is 74.0 cm³/mol. The van der Waals surface area contributed by atoms with Gasteiger partial charge in [0, 0.05) is 24.2 Å². The summed E-state index contributed by atoms with van der Waals surface area (Å²) in [5.74, 6) is -0.258. The fourth-order valence-corrected chi connectivity index (χ4v) is 2.31. The Bertz CT molecular complexity index is 801. The third-order valence-corrected chi connectivity index (χ3v) is 3.27. The van der Waals surface area contributed by atoms with E-state index in [1.807, 2.05) is 18.2 Å². The summed E-state index contributed by atoms with van der Waals surface area (Å²) < 4.78 is 6.65. The number of H-pyrrole nitrogens is 1. The number of aromatic carboxylic acids is 1. The second kappa shape index (κ2) is 4.41. The molecule has 3 rings (SSSR count). The molecule has 0 bridgehead atoms. The van der Waals surface area contributed by atoms with Gasteiger partial charge in [-0.3, -0.25) is 4.68 Å². The van der Waals surface area contributed by atoms with Crippen molar-refractivity contribution in [1.29, 1.82) is 0 Å². The van der Waals surface area contributed by atoms with Crippen molar-refractivity contribution in [2.24, 2.45) is 7.05 Å². The van der Waals surface area contributed by atoms with Gasteiger partial charge in [0.15, 0.2) is 0 Å². The number of aromatic nitrogens is 3. The molecule has 0 atom stereocenters. The number of aryl methyl sites for hydroxylation is 1. The molecule has 20 heavy (non-hydrogen) atoms. The van der Waals surface area contributed by atoms with Gasteiger partial charge in [-0.05, 0) is 12.1 Å². The van der Waals surface area contributed by atoms with Gasteiger partial charge in [0.1, 0.15) is 11.4 Å². The summed E-state index contributed by atoms with van der Waals surface area (Å²) >= 11 is 0. The van der Waals surface area contributed by atoms with E-state index >= 15 is 0 Å². The summed E-state index contributed by atoms with van der Waals surface area (Å²) in [5, 5.41) is 14.3. The van der Waals surface area contributed by atoms with Gasteiger partial charge in [-0.25, -0.2) is 4.79 Å². The van der Waals surface area contributed by atoms with Gasteiger partial charge in [-0.15, -0.1) is 0 Å². The minimum Gasteiger partial charge on any atom is -0.495 e. The van der Waals surface area contributed by atoms with E-state index < -0.39 is 5.97 Å². The van der Waals surface area contributed by atoms with Crippen molar-refractivity contribution in [3.05, 3.63) is 36.2 Å². The lowest BCUT2D eigenvalue weighted by molar-refractivity contribution is 0.0685. The first-order valence-electron chi connectivity index (χ1n) is 6.03. The monoisotopic (exact) mass is 271 g/mol. The topological polar surface area (TPSA) is 80.1 Å². The summed E-state index contributed by atoms with van der Waals surface area (Å²) in [5.41, 5.74) is 2.48. The lowest BCUT2D eigenvalue weighted by Crippen LogP contribution is -2.04. The van der Waals surface area contributed by atoms with Gasteiger partial charge in [0.2, 0.25) is 0 Å². The first-order chi connectivity index (χ1) is 9.61. The Kier molecular flexibility index (Phi) is 2.71. The van der Waals surface area contributed by atoms with E-state index in [1.165, 1.54) is 4.68 Å². The number of aromatic amines is 1. The van der Waals surface area contributed by atoms with Gasteiger partial charge >= 0.3 is 5.97 Å². The molecule has 0 radical (unpaired) electrons. The molecule has 0 aliphatic rings. The van der Waals surface area contributed by atoms with Crippen LogP contribution < -0.4 is 4.74 Å². The zero-order valence-corrected chi connectivity index (χ0v) is 11.0. The van der Waals surface area contributed by atoms with Crippen LogP contribution in [0.2, 0.25) is 0 Å². The second-order valence-corrected chi connectivity index (χ2v) is 4.43. The molecule has 2 aromatic heterocycles. The fourth-order valence-electron chi connectivity index (χ4n) is 2.31. The molecule has 0 saturated carbocycles. The maximum absolute atomic E-state index is 11.1. The summed E-state index contributed by atoms with van der Waals surface area (Å²) in [6, 6.07) is 7.26. The first kappa shape index (κ1) is 12.3. The molecule has 0 aliphatic carbocycles. The molecule has 2 N–H and O–H groups in total. The molecule has 0 fully saturated rings. The van der Waals surface area contributed by atoms with Crippen molar-refractivity contribution in [3.63, 3.8) is 0 Å². The Morgan fingerprint density at radius 2 is 2.25 bits per heavy atom. The summed E-state index contributed by atoms with van der Waals surface area (Å²) in [6.07, 6.45) is 1.81. The largest absolute Gasteiger partial charge is 0.495 e. The summed E-state index contributed by atoms with van der Waals surface area (Å²) in [4.78, 5) is 14.2. The van der Waals surface area contributed by atoms with Crippen molar-refractivity contribution < 1.29 is 14.6 Å². The maximum atomic E-state index is 11.1. The Morgan fingerprint density at radius 3 is 2.90 bits per heavy atom. The summed E-state index contributed by atoms with van der Waals surface area (Å²) in [6.45, 7) is 0. The number of benzene rings is 1. The fraction of sp³-hybridized carbons (Fsp3) is 0.143. The number of carboxylic acid groups (broad SMARTS) is 1. The van der Waals surface area contributed by atoms with E-state index in [2.05, 4.69) is 10.1 Å². The lowest BCUT2D eigenvalue weighted by atomic mass is 10.1. The van der Waals surface area contributed by atoms with E-state index in [-0.39, 0.29) is 5.69 Å². The number of carbonyl (C=O) groups is 1. The van der Waals surface area contributed by atoms with Crippen LogP contribution in [0.15, 0.2) is 30.5 Å². The van der Waals surface area contributed by atoms with Crippen LogP contribution in [0.4, 0.5) is 0 Å². The minimum absolute atomic E-state index is 0.150. The molecule has 102 valence electrons. The molecular formula is C14H13N3O3. The molecule has 0 amide bonds. The van der Waals surface area contributed by atoms with Crippen LogP contribution in [-0.2, 0) is 7.05 Å². The van der Waals surface area contributed by atoms with E-state index in [4.69, 9.17) is 9.84 Å². The number of hydrogen-bond donors (Lipinski definition) is 2. The number of nitrogens with one attached hydrogen (secondary N) is 1. The number of fused-ring (bicyclic) bond motifs is 1. The van der Waals surface area contributed by atoms with E-state index in [1.54, 1.807) is 26.4 Å². The third kappa shape index (κ3) is 1.73. The van der Waals surface area contributed by atoms with Gasteiger partial charge in [-0.1, -0.05) is 12.1 Å². The number of methoxy groups -OCH3 is 1. The van der Waals surface area contributed by atoms with Crippen molar-refractivity contribution in [2.45, 2.75) is 0 Å². The van der Waals surface area contributed by atoms with Crippen LogP contribution in [0.5, 0.6) is 5.75 Å². The van der Waals surface area contributed by atoms with Crippen LogP contribution >= 0.6 is 0 Å². The van der Waals surface area contributed by atoms with Crippen molar-refractivity contribution in [3.8, 4) is 17.0 Å². The van der Waals surface area contributed by atoms with Gasteiger partial charge in [0.05, 0.1) is 18.3 Å². The van der Waals surface area contributed by atoms with Crippen LogP contribution in [0.1, 0.15) is 10.5 Å². The van der Waals surface area contributed by atoms with E-state index in [9.17, 15) is 4.79 Å². The highest BCUT2D eigenvalue weighted by Gasteiger charge is 2.16. The quantitative estimate of drug-likeness (QED) is 0.765. The van der Waals surface area contributed by atoms with Crippen LogP contribution in [0.25, 0.3) is 22.2 Å². The first-order valence-corrected chi connectivity index (χ1v) is 6.03. The Labute approximate surface area is 114 Å². The molecule has 0 spiro atoms. The molecule has 2 heterocycles. The molecule has 3 aromatic rings. The number of carboxylic acids is 1. The normalized spacial score (nSPS) is 10.9.